The predicted molar refractivity (Wildman–Crippen MR) is 159 cm³/mol. The Bertz CT molecular complexity index is 1390. The molecule has 5 rings (SSSR count). The number of para-hydroxylation sites is 1. The van der Waals surface area contributed by atoms with Crippen molar-refractivity contribution in [3.05, 3.63) is 49.6 Å². The molecule has 3 aliphatic heterocycles. The zero-order chi connectivity index (χ0) is 30.9. The Morgan fingerprint density at radius 3 is 2.74 bits per heavy atom. The maximum atomic E-state index is 14.8. The van der Waals surface area contributed by atoms with Crippen LogP contribution < -0.4 is 0 Å². The fraction of sp³-hybridized carbons (Fsp3) is 0.594. The van der Waals surface area contributed by atoms with Crippen molar-refractivity contribution in [1.29, 1.82) is 0 Å². The molecular formula is C32H43N5O6. The number of rotatable bonds is 14. The van der Waals surface area contributed by atoms with E-state index in [-0.39, 0.29) is 44.2 Å². The van der Waals surface area contributed by atoms with Crippen LogP contribution in [0.4, 0.5) is 0 Å². The van der Waals surface area contributed by atoms with E-state index in [2.05, 4.69) is 23.5 Å². The van der Waals surface area contributed by atoms with E-state index in [0.29, 0.717) is 37.6 Å². The van der Waals surface area contributed by atoms with Gasteiger partial charge >= 0.3 is 5.97 Å². The number of esters is 1. The van der Waals surface area contributed by atoms with Gasteiger partial charge in [-0.05, 0) is 50.7 Å². The highest BCUT2D eigenvalue weighted by Gasteiger charge is 2.79. The molecule has 1 N–H and O–H groups in total. The van der Waals surface area contributed by atoms with Gasteiger partial charge in [0.05, 0.1) is 36.3 Å². The second-order valence-electron chi connectivity index (χ2n) is 12.3. The average Bonchev–Trinajstić information content (AvgIpc) is 3.71. The fourth-order valence-corrected chi connectivity index (χ4v) is 7.39. The zero-order valence-corrected chi connectivity index (χ0v) is 25.4. The van der Waals surface area contributed by atoms with Crippen LogP contribution in [-0.4, -0.2) is 90.7 Å². The maximum absolute atomic E-state index is 14.8. The van der Waals surface area contributed by atoms with Gasteiger partial charge in [0.25, 0.3) is 0 Å². The molecule has 3 aliphatic rings. The molecule has 4 heterocycles. The molecule has 43 heavy (non-hydrogen) atoms. The SMILES string of the molecule is C=CCCCOC(=O)[C@H]1[C@H]2C(=O)N([C@@H](CO)[C@@H](C)CC)C(C(=O)N(CC=C)Cn3nnc4ccccc43)C23CC[C@]1(C)O3. The summed E-state index contributed by atoms with van der Waals surface area (Å²) in [6.45, 7) is 13.5. The van der Waals surface area contributed by atoms with Crippen molar-refractivity contribution in [1.82, 2.24) is 24.8 Å². The van der Waals surface area contributed by atoms with Crippen molar-refractivity contribution in [2.75, 3.05) is 19.8 Å². The minimum Gasteiger partial charge on any atom is -0.465 e. The number of carbonyl (C=O) groups excluding carboxylic acids is 3. The molecule has 1 aromatic heterocycles. The second kappa shape index (κ2) is 12.2. The molecule has 3 fully saturated rings. The summed E-state index contributed by atoms with van der Waals surface area (Å²) >= 11 is 0. The van der Waals surface area contributed by atoms with E-state index < -0.39 is 41.1 Å². The van der Waals surface area contributed by atoms with E-state index in [0.717, 1.165) is 5.52 Å². The number of aliphatic hydroxyl groups is 1. The highest BCUT2D eigenvalue weighted by molar-refractivity contribution is 5.98. The van der Waals surface area contributed by atoms with Gasteiger partial charge in [-0.1, -0.05) is 49.8 Å². The van der Waals surface area contributed by atoms with Crippen LogP contribution >= 0.6 is 0 Å². The number of amides is 2. The van der Waals surface area contributed by atoms with E-state index >= 15 is 0 Å². The first-order valence-electron chi connectivity index (χ1n) is 15.3. The van der Waals surface area contributed by atoms with Gasteiger partial charge in [-0.2, -0.15) is 0 Å². The van der Waals surface area contributed by atoms with Crippen molar-refractivity contribution in [2.45, 2.75) is 82.8 Å². The summed E-state index contributed by atoms with van der Waals surface area (Å²) in [7, 11) is 0. The number of carbonyl (C=O) groups is 3. The van der Waals surface area contributed by atoms with E-state index in [9.17, 15) is 19.5 Å². The number of fused-ring (bicyclic) bond motifs is 2. The number of unbranched alkanes of at least 4 members (excludes halogenated alkanes) is 1. The number of benzene rings is 1. The van der Waals surface area contributed by atoms with Crippen LogP contribution in [-0.2, 0) is 30.5 Å². The minimum absolute atomic E-state index is 0.0732. The maximum Gasteiger partial charge on any atom is 0.312 e. The second-order valence-corrected chi connectivity index (χ2v) is 12.3. The van der Waals surface area contributed by atoms with Crippen LogP contribution in [0.5, 0.6) is 0 Å². The van der Waals surface area contributed by atoms with E-state index in [1.165, 1.54) is 4.90 Å². The molecule has 2 amide bonds. The summed E-state index contributed by atoms with van der Waals surface area (Å²) in [4.78, 5) is 46.0. The van der Waals surface area contributed by atoms with Crippen LogP contribution in [0.15, 0.2) is 49.6 Å². The van der Waals surface area contributed by atoms with Gasteiger partial charge in [-0.3, -0.25) is 14.4 Å². The standard InChI is InChI=1S/C32H43N5O6/c1-6-9-12-18-42-30(41)26-25-28(39)37(24(19-38)21(4)8-3)27(32(25)16-15-31(26,5)43-32)29(40)35(17-7-2)20-36-23-14-11-10-13-22(23)33-34-36/h6-7,10-11,13-14,21,24-27,38H,1-2,8-9,12,15-20H2,3-5H3/t21-,24-,25-,26+,27?,31-,32?/m0/s1. The molecular weight excluding hydrogens is 550 g/mol. The normalized spacial score (nSPS) is 29.0. The van der Waals surface area contributed by atoms with E-state index in [1.807, 2.05) is 45.0 Å². The summed E-state index contributed by atoms with van der Waals surface area (Å²) in [6, 6.07) is 5.79. The van der Waals surface area contributed by atoms with Gasteiger partial charge in [-0.15, -0.1) is 18.3 Å². The van der Waals surface area contributed by atoms with Crippen molar-refractivity contribution < 1.29 is 29.0 Å². The fourth-order valence-electron chi connectivity index (χ4n) is 7.39. The summed E-state index contributed by atoms with van der Waals surface area (Å²) in [6.07, 6.45) is 6.34. The van der Waals surface area contributed by atoms with Gasteiger partial charge in [0, 0.05) is 6.54 Å². The first-order valence-corrected chi connectivity index (χ1v) is 15.3. The lowest BCUT2D eigenvalue weighted by molar-refractivity contribution is -0.163. The third-order valence-electron chi connectivity index (χ3n) is 9.73. The molecule has 3 saturated heterocycles. The summed E-state index contributed by atoms with van der Waals surface area (Å²) in [5.74, 6) is -3.05. The summed E-state index contributed by atoms with van der Waals surface area (Å²) in [5, 5.41) is 19.1. The Morgan fingerprint density at radius 2 is 2.05 bits per heavy atom. The number of aliphatic hydroxyl groups excluding tert-OH is 1. The summed E-state index contributed by atoms with van der Waals surface area (Å²) < 4.78 is 14.0. The number of hydrogen-bond acceptors (Lipinski definition) is 8. The van der Waals surface area contributed by atoms with Gasteiger partial charge in [0.1, 0.15) is 29.7 Å². The Hall–Kier alpha value is -3.57. The molecule has 1 aromatic carbocycles. The third-order valence-corrected chi connectivity index (χ3v) is 9.73. The van der Waals surface area contributed by atoms with Gasteiger partial charge in [-0.25, -0.2) is 4.68 Å². The quantitative estimate of drug-likeness (QED) is 0.201. The van der Waals surface area contributed by atoms with Crippen LogP contribution in [0.25, 0.3) is 11.0 Å². The number of nitrogens with zero attached hydrogens (tertiary/aromatic N) is 5. The molecule has 7 atom stereocenters. The Labute approximate surface area is 252 Å². The Balaban J connectivity index is 1.55. The van der Waals surface area contributed by atoms with Crippen molar-refractivity contribution in [3.63, 3.8) is 0 Å². The van der Waals surface area contributed by atoms with Crippen LogP contribution in [0.1, 0.15) is 52.9 Å². The molecule has 2 bridgehead atoms. The lowest BCUT2D eigenvalue weighted by atomic mass is 9.66. The van der Waals surface area contributed by atoms with Crippen molar-refractivity contribution >= 4 is 28.8 Å². The zero-order valence-electron chi connectivity index (χ0n) is 25.4. The molecule has 1 spiro atoms. The Kier molecular flexibility index (Phi) is 8.76. The number of ether oxygens (including phenoxy) is 2. The molecule has 0 radical (unpaired) electrons. The molecule has 232 valence electrons. The highest BCUT2D eigenvalue weighted by Crippen LogP contribution is 2.64. The van der Waals surface area contributed by atoms with Gasteiger partial charge in [0.2, 0.25) is 11.8 Å². The average molecular weight is 594 g/mol. The number of likely N-dealkylation sites (tertiary alicyclic amines) is 1. The molecule has 2 aromatic rings. The van der Waals surface area contributed by atoms with Gasteiger partial charge < -0.3 is 24.4 Å². The number of aromatic nitrogens is 3. The van der Waals surface area contributed by atoms with Crippen molar-refractivity contribution in [2.24, 2.45) is 17.8 Å². The molecule has 0 aliphatic carbocycles. The first kappa shape index (κ1) is 30.9. The van der Waals surface area contributed by atoms with E-state index in [4.69, 9.17) is 9.47 Å². The predicted octanol–water partition coefficient (Wildman–Crippen LogP) is 3.08. The monoisotopic (exact) mass is 593 g/mol. The number of hydrogen-bond donors (Lipinski definition) is 1. The topological polar surface area (TPSA) is 127 Å². The number of allylic oxidation sites excluding steroid dienone is 1. The van der Waals surface area contributed by atoms with Crippen LogP contribution in [0.2, 0.25) is 0 Å². The summed E-state index contributed by atoms with van der Waals surface area (Å²) in [5.41, 5.74) is -0.727. The highest BCUT2D eigenvalue weighted by atomic mass is 16.6. The van der Waals surface area contributed by atoms with Crippen molar-refractivity contribution in [3.8, 4) is 0 Å². The largest absolute Gasteiger partial charge is 0.465 e. The van der Waals surface area contributed by atoms with Crippen LogP contribution in [0, 0.1) is 17.8 Å². The Morgan fingerprint density at radius 1 is 1.28 bits per heavy atom. The first-order chi connectivity index (χ1) is 20.7. The minimum atomic E-state index is -1.24. The molecule has 2 unspecified atom stereocenters. The smallest absolute Gasteiger partial charge is 0.312 e. The van der Waals surface area contributed by atoms with Gasteiger partial charge in [0.15, 0.2) is 0 Å². The molecule has 0 saturated carbocycles. The lowest BCUT2D eigenvalue weighted by Crippen LogP contribution is -2.60. The lowest BCUT2D eigenvalue weighted by Gasteiger charge is -2.41. The van der Waals surface area contributed by atoms with E-state index in [1.54, 1.807) is 21.7 Å². The molecule has 11 heteroatoms. The third kappa shape index (κ3) is 5.06. The molecule has 11 nitrogen and oxygen atoms in total. The van der Waals surface area contributed by atoms with Crippen LogP contribution in [0.3, 0.4) is 0 Å².